The molecule has 0 saturated carbocycles. The third kappa shape index (κ3) is 5.77. The van der Waals surface area contributed by atoms with E-state index in [0.717, 1.165) is 52.1 Å². The maximum atomic E-state index is 13.1. The minimum Gasteiger partial charge on any atom is -0.489 e. The van der Waals surface area contributed by atoms with E-state index in [-0.39, 0.29) is 11.5 Å². The Morgan fingerprint density at radius 2 is 1.90 bits per heavy atom. The summed E-state index contributed by atoms with van der Waals surface area (Å²) in [5.74, 6) is -0.182. The number of aryl methyl sites for hydroxylation is 1. The van der Waals surface area contributed by atoms with Crippen molar-refractivity contribution in [1.29, 1.82) is 0 Å². The fourth-order valence-electron chi connectivity index (χ4n) is 4.96. The van der Waals surface area contributed by atoms with E-state index >= 15 is 0 Å². The van der Waals surface area contributed by atoms with Gasteiger partial charge >= 0.3 is 5.97 Å². The van der Waals surface area contributed by atoms with E-state index in [1.165, 1.54) is 5.56 Å². The number of rotatable bonds is 8. The molecule has 7 nitrogen and oxygen atoms in total. The quantitative estimate of drug-likeness (QED) is 0.295. The third-order valence-corrected chi connectivity index (χ3v) is 7.13. The average molecular weight is 522 g/mol. The van der Waals surface area contributed by atoms with Crippen molar-refractivity contribution in [3.63, 3.8) is 0 Å². The minimum absolute atomic E-state index is 0.0633. The molecule has 2 heterocycles. The van der Waals surface area contributed by atoms with E-state index in [9.17, 15) is 14.7 Å². The number of fused-ring (bicyclic) bond motifs is 1. The number of aromatic nitrogens is 2. The molecule has 0 atom stereocenters. The first-order chi connectivity index (χ1) is 18.9. The van der Waals surface area contributed by atoms with E-state index < -0.39 is 5.97 Å². The Hall–Kier alpha value is -4.65. The highest BCUT2D eigenvalue weighted by molar-refractivity contribution is 6.03. The molecular weight excluding hydrogens is 490 g/mol. The monoisotopic (exact) mass is 521 g/mol. The van der Waals surface area contributed by atoms with Gasteiger partial charge in [0.15, 0.2) is 0 Å². The standard InChI is InChI=1S/C32H31N3O4/c1-22-8-3-14-30(23(22)2)39-17-7-15-31(36)35-16-6-12-28-27(11-5-13-29(28)35)26-19-33-34(21-26)20-24-9-4-10-25(18-24)32(37)38/h3-5,7-11,13-15,18-19,21H,6,12,16-17,20H2,1-2H3,(H,37,38)/b15-7+. The largest absolute Gasteiger partial charge is 0.489 e. The van der Waals surface area contributed by atoms with E-state index in [0.29, 0.717) is 19.7 Å². The van der Waals surface area contributed by atoms with Crippen molar-refractivity contribution in [2.24, 2.45) is 0 Å². The number of amides is 1. The third-order valence-electron chi connectivity index (χ3n) is 7.13. The van der Waals surface area contributed by atoms with Gasteiger partial charge in [-0.3, -0.25) is 9.48 Å². The van der Waals surface area contributed by atoms with Crippen LogP contribution in [0.3, 0.4) is 0 Å². The lowest BCUT2D eigenvalue weighted by Gasteiger charge is -2.30. The van der Waals surface area contributed by atoms with Gasteiger partial charge in [0.1, 0.15) is 12.4 Å². The Bertz CT molecular complexity index is 1550. The molecule has 3 aromatic carbocycles. The zero-order valence-corrected chi connectivity index (χ0v) is 22.1. The molecule has 1 amide bonds. The summed E-state index contributed by atoms with van der Waals surface area (Å²) >= 11 is 0. The fraction of sp³-hybridized carbons (Fsp3) is 0.219. The second-order valence-corrected chi connectivity index (χ2v) is 9.74. The van der Waals surface area contributed by atoms with E-state index in [4.69, 9.17) is 4.74 Å². The van der Waals surface area contributed by atoms with Gasteiger partial charge in [-0.15, -0.1) is 0 Å². The van der Waals surface area contributed by atoms with Crippen molar-refractivity contribution in [1.82, 2.24) is 9.78 Å². The predicted molar refractivity (Wildman–Crippen MR) is 151 cm³/mol. The molecule has 0 saturated heterocycles. The predicted octanol–water partition coefficient (Wildman–Crippen LogP) is 5.83. The van der Waals surface area contributed by atoms with E-state index in [1.54, 1.807) is 35.0 Å². The van der Waals surface area contributed by atoms with Gasteiger partial charge in [-0.05, 0) is 84.8 Å². The summed E-state index contributed by atoms with van der Waals surface area (Å²) in [4.78, 5) is 26.3. The minimum atomic E-state index is -0.947. The first-order valence-electron chi connectivity index (χ1n) is 13.0. The van der Waals surface area contributed by atoms with Crippen molar-refractivity contribution in [2.45, 2.75) is 33.2 Å². The number of carboxylic acid groups (broad SMARTS) is 1. The van der Waals surface area contributed by atoms with Crippen LogP contribution < -0.4 is 9.64 Å². The molecule has 0 spiro atoms. The van der Waals surface area contributed by atoms with Gasteiger partial charge in [-0.1, -0.05) is 36.4 Å². The summed E-state index contributed by atoms with van der Waals surface area (Å²) in [5, 5.41) is 13.8. The summed E-state index contributed by atoms with van der Waals surface area (Å²) in [6.45, 7) is 5.54. The molecule has 39 heavy (non-hydrogen) atoms. The number of anilines is 1. The molecule has 1 N–H and O–H groups in total. The number of nitrogens with zero attached hydrogens (tertiary/aromatic N) is 3. The highest BCUT2D eigenvalue weighted by atomic mass is 16.5. The van der Waals surface area contributed by atoms with Crippen molar-refractivity contribution >= 4 is 17.6 Å². The Morgan fingerprint density at radius 1 is 1.08 bits per heavy atom. The second kappa shape index (κ2) is 11.4. The Morgan fingerprint density at radius 3 is 2.74 bits per heavy atom. The molecule has 7 heteroatoms. The lowest BCUT2D eigenvalue weighted by molar-refractivity contribution is -0.114. The van der Waals surface area contributed by atoms with Gasteiger partial charge in [0.25, 0.3) is 5.91 Å². The molecular formula is C32H31N3O4. The lowest BCUT2D eigenvalue weighted by atomic mass is 9.93. The Balaban J connectivity index is 1.30. The first kappa shape index (κ1) is 26.0. The van der Waals surface area contributed by atoms with Gasteiger partial charge in [0.05, 0.1) is 18.3 Å². The molecule has 0 radical (unpaired) electrons. The fourth-order valence-corrected chi connectivity index (χ4v) is 4.96. The van der Waals surface area contributed by atoms with Crippen LogP contribution >= 0.6 is 0 Å². The van der Waals surface area contributed by atoms with Crippen LogP contribution in [0.1, 0.15) is 39.0 Å². The number of ether oxygens (including phenoxy) is 1. The van der Waals surface area contributed by atoms with Crippen LogP contribution in [0.2, 0.25) is 0 Å². The number of hydrogen-bond donors (Lipinski definition) is 1. The zero-order valence-electron chi connectivity index (χ0n) is 22.1. The summed E-state index contributed by atoms with van der Waals surface area (Å²) in [6.07, 6.45) is 8.90. The zero-order chi connectivity index (χ0) is 27.4. The topological polar surface area (TPSA) is 84.7 Å². The summed E-state index contributed by atoms with van der Waals surface area (Å²) in [6, 6.07) is 18.9. The molecule has 0 bridgehead atoms. The maximum Gasteiger partial charge on any atom is 0.335 e. The molecule has 198 valence electrons. The normalized spacial score (nSPS) is 12.9. The van der Waals surface area contributed by atoms with Crippen LogP contribution in [-0.4, -0.2) is 39.9 Å². The molecule has 0 fully saturated rings. The summed E-state index contributed by atoms with van der Waals surface area (Å²) < 4.78 is 7.67. The Kier molecular flexibility index (Phi) is 7.59. The number of aromatic carboxylic acids is 1. The van der Waals surface area contributed by atoms with Crippen molar-refractivity contribution in [3.05, 3.63) is 113 Å². The molecule has 0 unspecified atom stereocenters. The van der Waals surface area contributed by atoms with Crippen molar-refractivity contribution in [3.8, 4) is 16.9 Å². The van der Waals surface area contributed by atoms with Crippen LogP contribution in [0.4, 0.5) is 5.69 Å². The molecule has 4 aromatic rings. The van der Waals surface area contributed by atoms with Crippen LogP contribution in [0, 0.1) is 13.8 Å². The first-order valence-corrected chi connectivity index (χ1v) is 13.0. The second-order valence-electron chi connectivity index (χ2n) is 9.74. The summed E-state index contributed by atoms with van der Waals surface area (Å²) in [5.41, 5.74) is 7.47. The number of hydrogen-bond acceptors (Lipinski definition) is 4. The SMILES string of the molecule is Cc1cccc(OC/C=C/C(=O)N2CCCc3c(-c4cnn(Cc5cccc(C(=O)O)c5)c4)cccc32)c1C. The van der Waals surface area contributed by atoms with Crippen LogP contribution in [0.5, 0.6) is 5.75 Å². The highest BCUT2D eigenvalue weighted by Gasteiger charge is 2.23. The van der Waals surface area contributed by atoms with Gasteiger partial charge < -0.3 is 14.7 Å². The molecule has 1 aromatic heterocycles. The average Bonchev–Trinajstić information content (AvgIpc) is 3.40. The van der Waals surface area contributed by atoms with Gasteiger partial charge in [0, 0.05) is 30.1 Å². The number of benzene rings is 3. The van der Waals surface area contributed by atoms with Crippen LogP contribution in [0.15, 0.2) is 85.2 Å². The van der Waals surface area contributed by atoms with Crippen LogP contribution in [-0.2, 0) is 17.8 Å². The number of carbonyl (C=O) groups is 2. The lowest BCUT2D eigenvalue weighted by Crippen LogP contribution is -2.34. The number of carboxylic acids is 1. The van der Waals surface area contributed by atoms with Crippen molar-refractivity contribution in [2.75, 3.05) is 18.1 Å². The molecule has 1 aliphatic rings. The Labute approximate surface area is 228 Å². The maximum absolute atomic E-state index is 13.1. The smallest absolute Gasteiger partial charge is 0.335 e. The van der Waals surface area contributed by atoms with Gasteiger partial charge in [0.2, 0.25) is 0 Å². The van der Waals surface area contributed by atoms with Crippen LogP contribution in [0.25, 0.3) is 11.1 Å². The molecule has 0 aliphatic carbocycles. The summed E-state index contributed by atoms with van der Waals surface area (Å²) in [7, 11) is 0. The van der Waals surface area contributed by atoms with E-state index in [1.807, 2.05) is 54.5 Å². The van der Waals surface area contributed by atoms with Gasteiger partial charge in [-0.2, -0.15) is 5.10 Å². The van der Waals surface area contributed by atoms with Gasteiger partial charge in [-0.25, -0.2) is 4.79 Å². The molecule has 5 rings (SSSR count). The highest BCUT2D eigenvalue weighted by Crippen LogP contribution is 2.35. The molecule has 1 aliphatic heterocycles. The number of carbonyl (C=O) groups excluding carboxylic acids is 1. The van der Waals surface area contributed by atoms with Crippen molar-refractivity contribution < 1.29 is 19.4 Å². The van der Waals surface area contributed by atoms with E-state index in [2.05, 4.69) is 24.2 Å².